The van der Waals surface area contributed by atoms with Gasteiger partial charge in [0.1, 0.15) is 8.07 Å². The van der Waals surface area contributed by atoms with Crippen molar-refractivity contribution in [2.75, 3.05) is 0 Å². The molecule has 0 bridgehead atoms. The molecule has 234 valence electrons. The molecule has 0 radical (unpaired) electrons. The van der Waals surface area contributed by atoms with E-state index < -0.39 is 8.07 Å². The summed E-state index contributed by atoms with van der Waals surface area (Å²) in [7, 11) is -2.06. The fourth-order valence-corrected chi connectivity index (χ4v) is 11.8. The number of hydrogen-bond acceptors (Lipinski definition) is 2. The standard InChI is InChI=1S/C45H35N3Si/c1-45(2)36-22-11-8-19-31(36)33-25-26-34-32-20-9-12-23-37(32)48(42(34)40(33)45)30-18-14-17-29(27-30)43-46-41(28-15-6-5-7-16-28)39-35-21-10-13-24-38(35)49(3,4)44(39)47-43/h5-27H,1-4H3. The van der Waals surface area contributed by atoms with E-state index in [1.165, 1.54) is 65.7 Å². The van der Waals surface area contributed by atoms with Crippen molar-refractivity contribution in [1.82, 2.24) is 14.5 Å². The van der Waals surface area contributed by atoms with Crippen LogP contribution in [0.2, 0.25) is 13.1 Å². The summed E-state index contributed by atoms with van der Waals surface area (Å²) in [6, 6.07) is 50.8. The van der Waals surface area contributed by atoms with Crippen molar-refractivity contribution in [3.05, 3.63) is 151 Å². The summed E-state index contributed by atoms with van der Waals surface area (Å²) in [5.74, 6) is 0.784. The maximum Gasteiger partial charge on any atom is 0.159 e. The van der Waals surface area contributed by atoms with Crippen LogP contribution in [0.5, 0.6) is 0 Å². The second kappa shape index (κ2) is 9.97. The van der Waals surface area contributed by atoms with Crippen LogP contribution >= 0.6 is 0 Å². The fourth-order valence-electron chi connectivity index (χ4n) is 8.84. The molecule has 0 N–H and O–H groups in total. The van der Waals surface area contributed by atoms with E-state index in [1.54, 1.807) is 0 Å². The number of nitrogens with zero attached hydrogens (tertiary/aromatic N) is 3. The van der Waals surface area contributed by atoms with Gasteiger partial charge in [0.05, 0.1) is 16.7 Å². The van der Waals surface area contributed by atoms with Gasteiger partial charge in [-0.3, -0.25) is 0 Å². The van der Waals surface area contributed by atoms with E-state index >= 15 is 0 Å². The molecule has 6 aromatic carbocycles. The van der Waals surface area contributed by atoms with Crippen LogP contribution in [-0.4, -0.2) is 22.6 Å². The van der Waals surface area contributed by atoms with Crippen molar-refractivity contribution >= 4 is 40.4 Å². The van der Waals surface area contributed by atoms with Crippen molar-refractivity contribution in [3.63, 3.8) is 0 Å². The Morgan fingerprint density at radius 1 is 0.592 bits per heavy atom. The van der Waals surface area contributed by atoms with E-state index in [4.69, 9.17) is 9.97 Å². The number of fused-ring (bicyclic) bond motifs is 10. The molecule has 3 nitrogen and oxygen atoms in total. The Labute approximate surface area is 287 Å². The topological polar surface area (TPSA) is 30.7 Å². The molecule has 1 aliphatic heterocycles. The minimum atomic E-state index is -2.06. The number of rotatable bonds is 3. The second-order valence-electron chi connectivity index (χ2n) is 14.6. The zero-order valence-electron chi connectivity index (χ0n) is 28.1. The molecule has 49 heavy (non-hydrogen) atoms. The highest BCUT2D eigenvalue weighted by atomic mass is 28.3. The highest BCUT2D eigenvalue weighted by Gasteiger charge is 2.42. The van der Waals surface area contributed by atoms with Gasteiger partial charge in [-0.15, -0.1) is 0 Å². The summed E-state index contributed by atoms with van der Waals surface area (Å²) in [6.07, 6.45) is 0. The molecule has 4 heteroatoms. The van der Waals surface area contributed by atoms with Crippen molar-refractivity contribution < 1.29 is 0 Å². The molecule has 0 saturated heterocycles. The Morgan fingerprint density at radius 3 is 2.16 bits per heavy atom. The zero-order valence-corrected chi connectivity index (χ0v) is 29.1. The van der Waals surface area contributed by atoms with Crippen molar-refractivity contribution in [2.45, 2.75) is 32.4 Å². The van der Waals surface area contributed by atoms with E-state index in [-0.39, 0.29) is 5.41 Å². The molecule has 2 aliphatic rings. The van der Waals surface area contributed by atoms with Crippen molar-refractivity contribution in [3.8, 4) is 50.6 Å². The molecule has 0 saturated carbocycles. The van der Waals surface area contributed by atoms with Gasteiger partial charge in [-0.05, 0) is 51.2 Å². The van der Waals surface area contributed by atoms with Gasteiger partial charge in [0.25, 0.3) is 0 Å². The third kappa shape index (κ3) is 3.83. The van der Waals surface area contributed by atoms with Gasteiger partial charge in [0.15, 0.2) is 5.82 Å². The van der Waals surface area contributed by atoms with Crippen LogP contribution in [0, 0.1) is 0 Å². The molecule has 0 amide bonds. The average Bonchev–Trinajstić information content (AvgIpc) is 3.69. The Hall–Kier alpha value is -5.58. The summed E-state index contributed by atoms with van der Waals surface area (Å²) in [4.78, 5) is 10.9. The third-order valence-electron chi connectivity index (χ3n) is 11.1. The van der Waals surface area contributed by atoms with Crippen LogP contribution in [0.3, 0.4) is 0 Å². The molecular weight excluding hydrogens is 611 g/mol. The van der Waals surface area contributed by atoms with E-state index in [2.05, 4.69) is 171 Å². The fraction of sp³-hybridized carbons (Fsp3) is 0.111. The number of benzene rings is 6. The van der Waals surface area contributed by atoms with E-state index in [1.807, 2.05) is 0 Å². The van der Waals surface area contributed by atoms with Crippen LogP contribution in [0.25, 0.3) is 72.4 Å². The Balaban J connectivity index is 1.24. The second-order valence-corrected chi connectivity index (χ2v) is 18.9. The maximum atomic E-state index is 5.47. The lowest BCUT2D eigenvalue weighted by atomic mass is 9.81. The van der Waals surface area contributed by atoms with Gasteiger partial charge in [-0.25, -0.2) is 9.97 Å². The SMILES string of the molecule is CC1(C)c2ccccc2-c2ccc3c4ccccc4n(-c4cccc(-c5nc(-c6ccccc6)c6c(n5)[Si](C)(C)c5ccccc5-6)c4)c3c21. The first-order chi connectivity index (χ1) is 23.8. The molecule has 0 unspecified atom stereocenters. The summed E-state index contributed by atoms with van der Waals surface area (Å²) in [6.45, 7) is 9.61. The average molecular weight is 646 g/mol. The zero-order chi connectivity index (χ0) is 33.1. The predicted octanol–water partition coefficient (Wildman–Crippen LogP) is 10.0. The summed E-state index contributed by atoms with van der Waals surface area (Å²) < 4.78 is 2.49. The van der Waals surface area contributed by atoms with Gasteiger partial charge in [0, 0.05) is 43.9 Å². The summed E-state index contributed by atoms with van der Waals surface area (Å²) in [5.41, 5.74) is 14.6. The van der Waals surface area contributed by atoms with Gasteiger partial charge < -0.3 is 4.57 Å². The van der Waals surface area contributed by atoms with Crippen molar-refractivity contribution in [1.29, 1.82) is 0 Å². The van der Waals surface area contributed by atoms with E-state index in [0.29, 0.717) is 0 Å². The van der Waals surface area contributed by atoms with Crippen LogP contribution in [-0.2, 0) is 5.41 Å². The number of para-hydroxylation sites is 1. The highest BCUT2D eigenvalue weighted by Crippen LogP contribution is 2.53. The molecule has 8 aromatic rings. The smallest absolute Gasteiger partial charge is 0.159 e. The van der Waals surface area contributed by atoms with Gasteiger partial charge in [0.2, 0.25) is 0 Å². The van der Waals surface area contributed by atoms with Gasteiger partial charge in [-0.1, -0.05) is 148 Å². The summed E-state index contributed by atoms with van der Waals surface area (Å²) >= 11 is 0. The van der Waals surface area contributed by atoms with Crippen LogP contribution in [0.15, 0.2) is 140 Å². The molecule has 0 spiro atoms. The monoisotopic (exact) mass is 645 g/mol. The molecule has 1 aliphatic carbocycles. The van der Waals surface area contributed by atoms with Crippen LogP contribution < -0.4 is 10.5 Å². The minimum Gasteiger partial charge on any atom is -0.309 e. The van der Waals surface area contributed by atoms with Crippen molar-refractivity contribution in [2.24, 2.45) is 0 Å². The van der Waals surface area contributed by atoms with Gasteiger partial charge >= 0.3 is 0 Å². The Morgan fingerprint density at radius 2 is 1.31 bits per heavy atom. The maximum absolute atomic E-state index is 5.47. The largest absolute Gasteiger partial charge is 0.309 e. The molecule has 3 heterocycles. The normalized spacial score (nSPS) is 14.9. The van der Waals surface area contributed by atoms with Crippen LogP contribution in [0.1, 0.15) is 25.0 Å². The van der Waals surface area contributed by atoms with Crippen LogP contribution in [0.4, 0.5) is 0 Å². The number of aromatic nitrogens is 3. The molecular formula is C45H35N3Si. The lowest BCUT2D eigenvalue weighted by molar-refractivity contribution is 0.664. The molecule has 10 rings (SSSR count). The highest BCUT2D eigenvalue weighted by molar-refractivity contribution is 7.03. The Bertz CT molecular complexity index is 2660. The molecule has 0 fully saturated rings. The lowest BCUT2D eigenvalue weighted by Gasteiger charge is -2.23. The minimum absolute atomic E-state index is 0.145. The van der Waals surface area contributed by atoms with E-state index in [0.717, 1.165) is 28.3 Å². The molecule has 2 aromatic heterocycles. The molecule has 0 atom stereocenters. The quantitative estimate of drug-likeness (QED) is 0.179. The lowest BCUT2D eigenvalue weighted by Crippen LogP contribution is -2.50. The predicted molar refractivity (Wildman–Crippen MR) is 207 cm³/mol. The summed E-state index contributed by atoms with van der Waals surface area (Å²) in [5, 5.41) is 5.21. The Kier molecular flexibility index (Phi) is 5.79. The first-order valence-electron chi connectivity index (χ1n) is 17.2. The first kappa shape index (κ1) is 28.4. The third-order valence-corrected chi connectivity index (χ3v) is 14.5. The number of hydrogen-bond donors (Lipinski definition) is 0. The van der Waals surface area contributed by atoms with E-state index in [9.17, 15) is 0 Å². The van der Waals surface area contributed by atoms with Gasteiger partial charge in [-0.2, -0.15) is 0 Å². The first-order valence-corrected chi connectivity index (χ1v) is 20.2.